The van der Waals surface area contributed by atoms with Gasteiger partial charge in [-0.25, -0.2) is 13.6 Å². The molecule has 1 aromatic carbocycles. The van der Waals surface area contributed by atoms with Crippen molar-refractivity contribution in [3.63, 3.8) is 0 Å². The molecule has 5 nitrogen and oxygen atoms in total. The Morgan fingerprint density at radius 3 is 2.33 bits per heavy atom. The summed E-state index contributed by atoms with van der Waals surface area (Å²) in [5, 5.41) is 5.16. The second-order valence-electron chi connectivity index (χ2n) is 5.72. The van der Waals surface area contributed by atoms with Gasteiger partial charge in [-0.2, -0.15) is 0 Å². The molecule has 0 fully saturated rings. The van der Waals surface area contributed by atoms with E-state index in [0.717, 1.165) is 5.56 Å². The summed E-state index contributed by atoms with van der Waals surface area (Å²) in [5.74, 6) is 1.30. The maximum atomic E-state index is 11.4. The minimum absolute atomic E-state index is 0.106. The first-order chi connectivity index (χ1) is 9.71. The van der Waals surface area contributed by atoms with E-state index >= 15 is 0 Å². The van der Waals surface area contributed by atoms with Gasteiger partial charge >= 0.3 is 0 Å². The van der Waals surface area contributed by atoms with Gasteiger partial charge in [-0.1, -0.05) is 27.7 Å². The van der Waals surface area contributed by atoms with E-state index in [1.165, 1.54) is 6.07 Å². The number of hydrogen-bond donors (Lipinski definition) is 1. The summed E-state index contributed by atoms with van der Waals surface area (Å²) < 4.78 is 33.9. The molecular formula is C15H25NO4S. The highest BCUT2D eigenvalue weighted by Gasteiger charge is 2.14. The number of rotatable bonds is 8. The van der Waals surface area contributed by atoms with Crippen LogP contribution in [0.5, 0.6) is 5.75 Å². The second-order valence-corrected chi connectivity index (χ2v) is 7.28. The fraction of sp³-hybridized carbons (Fsp3) is 0.600. The molecule has 0 radical (unpaired) electrons. The Hall–Kier alpha value is -1.11. The zero-order chi connectivity index (χ0) is 16.0. The van der Waals surface area contributed by atoms with E-state index in [9.17, 15) is 8.42 Å². The highest BCUT2D eigenvalue weighted by atomic mass is 32.2. The molecular weight excluding hydrogens is 290 g/mol. The molecule has 0 atom stereocenters. The number of primary sulfonamides is 1. The minimum Gasteiger partial charge on any atom is -0.491 e. The average Bonchev–Trinajstić information content (AvgIpc) is 2.36. The van der Waals surface area contributed by atoms with Crippen LogP contribution in [0.2, 0.25) is 0 Å². The van der Waals surface area contributed by atoms with Gasteiger partial charge in [-0.3, -0.25) is 0 Å². The molecule has 0 aliphatic rings. The maximum absolute atomic E-state index is 11.4. The molecule has 0 heterocycles. The molecule has 2 N–H and O–H groups in total. The lowest BCUT2D eigenvalue weighted by Gasteiger charge is -2.15. The van der Waals surface area contributed by atoms with Crippen LogP contribution >= 0.6 is 0 Å². The average molecular weight is 315 g/mol. The zero-order valence-corrected chi connectivity index (χ0v) is 13.9. The molecule has 0 unspecified atom stereocenters. The van der Waals surface area contributed by atoms with Crippen molar-refractivity contribution < 1.29 is 17.9 Å². The highest BCUT2D eigenvalue weighted by molar-refractivity contribution is 7.89. The third-order valence-electron chi connectivity index (χ3n) is 2.87. The SMILES string of the molecule is CC(C)COCCOc1ccc(S(N)(=O)=O)cc1C(C)C. The van der Waals surface area contributed by atoms with Crippen LogP contribution in [-0.4, -0.2) is 28.2 Å². The number of sulfonamides is 1. The fourth-order valence-corrected chi connectivity index (χ4v) is 2.36. The molecule has 0 saturated carbocycles. The third-order valence-corrected chi connectivity index (χ3v) is 3.78. The van der Waals surface area contributed by atoms with E-state index in [1.54, 1.807) is 12.1 Å². The molecule has 0 aliphatic heterocycles. The van der Waals surface area contributed by atoms with E-state index < -0.39 is 10.0 Å². The number of benzene rings is 1. The summed E-state index contributed by atoms with van der Waals surface area (Å²) >= 11 is 0. The standard InChI is InChI=1S/C15H25NO4S/c1-11(2)10-19-7-8-20-15-6-5-13(21(16,17)18)9-14(15)12(3)4/h5-6,9,11-12H,7-8,10H2,1-4H3,(H2,16,17,18). The van der Waals surface area contributed by atoms with Gasteiger partial charge < -0.3 is 9.47 Å². The van der Waals surface area contributed by atoms with Crippen LogP contribution in [0.15, 0.2) is 23.1 Å². The Labute approximate surface area is 127 Å². The predicted octanol–water partition coefficient (Wildman–Crippen LogP) is 2.51. The lowest BCUT2D eigenvalue weighted by atomic mass is 10.0. The van der Waals surface area contributed by atoms with Crippen molar-refractivity contribution in [1.82, 2.24) is 0 Å². The smallest absolute Gasteiger partial charge is 0.238 e. The quantitative estimate of drug-likeness (QED) is 0.748. The van der Waals surface area contributed by atoms with E-state index in [2.05, 4.69) is 13.8 Å². The molecule has 0 bridgehead atoms. The first-order valence-electron chi connectivity index (χ1n) is 7.09. The van der Waals surface area contributed by atoms with E-state index in [0.29, 0.717) is 31.5 Å². The van der Waals surface area contributed by atoms with Gasteiger partial charge in [0.05, 0.1) is 11.5 Å². The summed E-state index contributed by atoms with van der Waals surface area (Å²) in [6.45, 7) is 9.76. The Kier molecular flexibility index (Phi) is 6.64. The molecule has 1 aromatic rings. The summed E-state index contributed by atoms with van der Waals surface area (Å²) in [6, 6.07) is 4.69. The minimum atomic E-state index is -3.69. The van der Waals surface area contributed by atoms with Crippen LogP contribution in [0.1, 0.15) is 39.2 Å². The molecule has 21 heavy (non-hydrogen) atoms. The Morgan fingerprint density at radius 1 is 1.14 bits per heavy atom. The number of ether oxygens (including phenoxy) is 2. The van der Waals surface area contributed by atoms with Crippen molar-refractivity contribution in [2.75, 3.05) is 19.8 Å². The first-order valence-corrected chi connectivity index (χ1v) is 8.63. The second kappa shape index (κ2) is 7.77. The maximum Gasteiger partial charge on any atom is 0.238 e. The highest BCUT2D eigenvalue weighted by Crippen LogP contribution is 2.28. The van der Waals surface area contributed by atoms with Crippen molar-refractivity contribution in [2.24, 2.45) is 11.1 Å². The lowest BCUT2D eigenvalue weighted by molar-refractivity contribution is 0.0815. The molecule has 1 rings (SSSR count). The van der Waals surface area contributed by atoms with Crippen LogP contribution in [0.3, 0.4) is 0 Å². The predicted molar refractivity (Wildman–Crippen MR) is 83.1 cm³/mol. The molecule has 0 amide bonds. The van der Waals surface area contributed by atoms with Crippen LogP contribution in [-0.2, 0) is 14.8 Å². The van der Waals surface area contributed by atoms with Crippen molar-refractivity contribution >= 4 is 10.0 Å². The molecule has 0 aliphatic carbocycles. The Morgan fingerprint density at radius 2 is 1.81 bits per heavy atom. The van der Waals surface area contributed by atoms with Crippen LogP contribution in [0.4, 0.5) is 0 Å². The van der Waals surface area contributed by atoms with Crippen molar-refractivity contribution in [1.29, 1.82) is 0 Å². The molecule has 120 valence electrons. The van der Waals surface area contributed by atoms with Gasteiger partial charge in [0.2, 0.25) is 10.0 Å². The molecule has 6 heteroatoms. The molecule has 0 spiro atoms. The number of hydrogen-bond acceptors (Lipinski definition) is 4. The van der Waals surface area contributed by atoms with Crippen LogP contribution in [0, 0.1) is 5.92 Å². The zero-order valence-electron chi connectivity index (χ0n) is 13.1. The molecule has 0 aromatic heterocycles. The Bertz CT molecular complexity index is 553. The van der Waals surface area contributed by atoms with Crippen molar-refractivity contribution in [3.8, 4) is 5.75 Å². The van der Waals surface area contributed by atoms with Gasteiger partial charge in [0.1, 0.15) is 12.4 Å². The van der Waals surface area contributed by atoms with Gasteiger partial charge in [0.25, 0.3) is 0 Å². The summed E-state index contributed by atoms with van der Waals surface area (Å²) in [4.78, 5) is 0.106. The van der Waals surface area contributed by atoms with Crippen molar-refractivity contribution in [2.45, 2.75) is 38.5 Å². The van der Waals surface area contributed by atoms with E-state index in [4.69, 9.17) is 14.6 Å². The van der Waals surface area contributed by atoms with Gasteiger partial charge in [0, 0.05) is 6.61 Å². The number of nitrogens with two attached hydrogens (primary N) is 1. The van der Waals surface area contributed by atoms with E-state index in [-0.39, 0.29) is 10.8 Å². The summed E-state index contributed by atoms with van der Waals surface area (Å²) in [6.07, 6.45) is 0. The van der Waals surface area contributed by atoms with Crippen LogP contribution in [0.25, 0.3) is 0 Å². The van der Waals surface area contributed by atoms with Crippen molar-refractivity contribution in [3.05, 3.63) is 23.8 Å². The third kappa shape index (κ3) is 6.03. The lowest BCUT2D eigenvalue weighted by Crippen LogP contribution is -2.14. The Balaban J connectivity index is 2.74. The molecule has 0 saturated heterocycles. The topological polar surface area (TPSA) is 78.6 Å². The van der Waals surface area contributed by atoms with Gasteiger partial charge in [-0.15, -0.1) is 0 Å². The first kappa shape index (κ1) is 17.9. The fourth-order valence-electron chi connectivity index (χ4n) is 1.82. The normalized spacial score (nSPS) is 12.1. The largest absolute Gasteiger partial charge is 0.491 e. The van der Waals surface area contributed by atoms with Gasteiger partial charge in [-0.05, 0) is 35.6 Å². The summed E-state index contributed by atoms with van der Waals surface area (Å²) in [5.41, 5.74) is 0.824. The summed E-state index contributed by atoms with van der Waals surface area (Å²) in [7, 11) is -3.69. The van der Waals surface area contributed by atoms with Crippen LogP contribution < -0.4 is 9.88 Å². The van der Waals surface area contributed by atoms with E-state index in [1.807, 2.05) is 13.8 Å². The monoisotopic (exact) mass is 315 g/mol. The van der Waals surface area contributed by atoms with Gasteiger partial charge in [0.15, 0.2) is 0 Å².